The van der Waals surface area contributed by atoms with Gasteiger partial charge in [0.25, 0.3) is 5.91 Å². The number of nitrogens with two attached hydrogens (primary N) is 1. The molecule has 21 heavy (non-hydrogen) atoms. The normalized spacial score (nSPS) is 11.4. The van der Waals surface area contributed by atoms with Gasteiger partial charge >= 0.3 is 0 Å². The van der Waals surface area contributed by atoms with E-state index in [1.165, 1.54) is 23.9 Å². The van der Waals surface area contributed by atoms with E-state index in [0.717, 1.165) is 6.20 Å². The second-order valence-electron chi connectivity index (χ2n) is 4.50. The van der Waals surface area contributed by atoms with Crippen LogP contribution < -0.4 is 10.5 Å². The number of benzene rings is 1. The Morgan fingerprint density at radius 2 is 2.10 bits per heavy atom. The van der Waals surface area contributed by atoms with Crippen LogP contribution in [0.5, 0.6) is 0 Å². The van der Waals surface area contributed by atoms with Crippen LogP contribution in [0.25, 0.3) is 0 Å². The van der Waals surface area contributed by atoms with Gasteiger partial charge in [-0.05, 0) is 24.6 Å². The zero-order chi connectivity index (χ0) is 15.8. The summed E-state index contributed by atoms with van der Waals surface area (Å²) in [6, 6.07) is 4.07. The summed E-state index contributed by atoms with van der Waals surface area (Å²) >= 11 is 0. The zero-order valence-electron chi connectivity index (χ0n) is 11.3. The molecular formula is C12H13FN4O3S. The van der Waals surface area contributed by atoms with E-state index >= 15 is 0 Å². The Hall–Kier alpha value is -2.26. The Morgan fingerprint density at radius 3 is 2.67 bits per heavy atom. The SMILES string of the molecule is Cc1ccc(C(=O)Nc2nn(C)cc2S(N)(=O)=O)c(F)c1. The summed E-state index contributed by atoms with van der Waals surface area (Å²) in [7, 11) is -2.58. The maximum atomic E-state index is 13.7. The van der Waals surface area contributed by atoms with Crippen LogP contribution in [0.3, 0.4) is 0 Å². The standard InChI is InChI=1S/C12H13FN4O3S/c1-7-3-4-8(9(13)5-7)12(18)15-11-10(21(14,19)20)6-17(2)16-11/h3-6H,1-2H3,(H2,14,19,20)(H,15,16,18). The molecule has 0 spiro atoms. The van der Waals surface area contributed by atoms with Crippen molar-refractivity contribution < 1.29 is 17.6 Å². The number of nitrogens with one attached hydrogen (secondary N) is 1. The molecule has 0 radical (unpaired) electrons. The molecule has 0 saturated heterocycles. The van der Waals surface area contributed by atoms with E-state index in [-0.39, 0.29) is 16.3 Å². The molecule has 0 saturated carbocycles. The molecule has 2 aromatic rings. The first-order valence-electron chi connectivity index (χ1n) is 5.82. The lowest BCUT2D eigenvalue weighted by molar-refractivity contribution is 0.102. The maximum Gasteiger partial charge on any atom is 0.259 e. The zero-order valence-corrected chi connectivity index (χ0v) is 12.1. The molecule has 0 aliphatic carbocycles. The van der Waals surface area contributed by atoms with Crippen LogP contribution in [0.4, 0.5) is 10.2 Å². The monoisotopic (exact) mass is 312 g/mol. The van der Waals surface area contributed by atoms with Gasteiger partial charge in [-0.25, -0.2) is 17.9 Å². The number of anilines is 1. The molecule has 0 fully saturated rings. The van der Waals surface area contributed by atoms with E-state index in [0.29, 0.717) is 5.56 Å². The first kappa shape index (κ1) is 15.1. The van der Waals surface area contributed by atoms with Crippen molar-refractivity contribution in [2.24, 2.45) is 12.2 Å². The predicted octanol–water partition coefficient (Wildman–Crippen LogP) is 0.767. The summed E-state index contributed by atoms with van der Waals surface area (Å²) in [5, 5.41) is 11.1. The van der Waals surface area contributed by atoms with Crippen molar-refractivity contribution in [2.45, 2.75) is 11.8 Å². The van der Waals surface area contributed by atoms with E-state index in [2.05, 4.69) is 10.4 Å². The molecule has 1 amide bonds. The molecule has 7 nitrogen and oxygen atoms in total. The van der Waals surface area contributed by atoms with Crippen LogP contribution in [-0.2, 0) is 17.1 Å². The summed E-state index contributed by atoms with van der Waals surface area (Å²) in [6.07, 6.45) is 1.15. The lowest BCUT2D eigenvalue weighted by atomic mass is 10.1. The minimum Gasteiger partial charge on any atom is -0.304 e. The Labute approximate surface area is 120 Å². The number of hydrogen-bond donors (Lipinski definition) is 2. The molecule has 0 atom stereocenters. The van der Waals surface area contributed by atoms with Crippen molar-refractivity contribution in [3.05, 3.63) is 41.3 Å². The molecule has 0 aliphatic rings. The lowest BCUT2D eigenvalue weighted by Gasteiger charge is -2.05. The Balaban J connectivity index is 2.36. The summed E-state index contributed by atoms with van der Waals surface area (Å²) < 4.78 is 37.7. The smallest absolute Gasteiger partial charge is 0.259 e. The van der Waals surface area contributed by atoms with Gasteiger partial charge in [0, 0.05) is 13.2 Å². The highest BCUT2D eigenvalue weighted by Crippen LogP contribution is 2.19. The van der Waals surface area contributed by atoms with Crippen LogP contribution in [0.2, 0.25) is 0 Å². The third-order valence-electron chi connectivity index (χ3n) is 2.70. The average molecular weight is 312 g/mol. The Morgan fingerprint density at radius 1 is 1.43 bits per heavy atom. The van der Waals surface area contributed by atoms with Crippen LogP contribution in [0.1, 0.15) is 15.9 Å². The van der Waals surface area contributed by atoms with Crippen molar-refractivity contribution >= 4 is 21.7 Å². The minimum absolute atomic E-state index is 0.216. The summed E-state index contributed by atoms with van der Waals surface area (Å²) in [6.45, 7) is 1.68. The van der Waals surface area contributed by atoms with Crippen molar-refractivity contribution in [3.63, 3.8) is 0 Å². The van der Waals surface area contributed by atoms with Crippen molar-refractivity contribution in [2.75, 3.05) is 5.32 Å². The highest BCUT2D eigenvalue weighted by molar-refractivity contribution is 7.89. The number of hydrogen-bond acceptors (Lipinski definition) is 4. The molecule has 9 heteroatoms. The number of nitrogens with zero attached hydrogens (tertiary/aromatic N) is 2. The highest BCUT2D eigenvalue weighted by Gasteiger charge is 2.21. The number of carbonyl (C=O) groups is 1. The van der Waals surface area contributed by atoms with Gasteiger partial charge in [-0.3, -0.25) is 9.48 Å². The van der Waals surface area contributed by atoms with Crippen LogP contribution >= 0.6 is 0 Å². The topological polar surface area (TPSA) is 107 Å². The summed E-state index contributed by atoms with van der Waals surface area (Å²) in [4.78, 5) is 11.7. The van der Waals surface area contributed by atoms with E-state index in [4.69, 9.17) is 5.14 Å². The van der Waals surface area contributed by atoms with Crippen molar-refractivity contribution in [3.8, 4) is 0 Å². The van der Waals surface area contributed by atoms with Gasteiger partial charge < -0.3 is 5.32 Å². The molecule has 0 aliphatic heterocycles. The van der Waals surface area contributed by atoms with Crippen LogP contribution in [-0.4, -0.2) is 24.1 Å². The number of primary sulfonamides is 1. The molecular weight excluding hydrogens is 299 g/mol. The van der Waals surface area contributed by atoms with Gasteiger partial charge in [-0.15, -0.1) is 0 Å². The third-order valence-corrected chi connectivity index (χ3v) is 3.61. The number of rotatable bonds is 3. The molecule has 2 rings (SSSR count). The van der Waals surface area contributed by atoms with Gasteiger partial charge in [0.1, 0.15) is 10.7 Å². The van der Waals surface area contributed by atoms with E-state index in [1.807, 2.05) is 0 Å². The molecule has 112 valence electrons. The maximum absolute atomic E-state index is 13.7. The summed E-state index contributed by atoms with van der Waals surface area (Å²) in [5.74, 6) is -1.76. The fraction of sp³-hybridized carbons (Fsp3) is 0.167. The summed E-state index contributed by atoms with van der Waals surface area (Å²) in [5.41, 5.74) is 0.443. The minimum atomic E-state index is -4.05. The Kier molecular flexibility index (Phi) is 3.79. The quantitative estimate of drug-likeness (QED) is 0.872. The number of amides is 1. The molecule has 1 aromatic heterocycles. The average Bonchev–Trinajstić information content (AvgIpc) is 2.69. The molecule has 1 aromatic carbocycles. The largest absolute Gasteiger partial charge is 0.304 e. The number of aromatic nitrogens is 2. The van der Waals surface area contributed by atoms with Gasteiger partial charge in [0.05, 0.1) is 5.56 Å². The first-order chi connectivity index (χ1) is 9.68. The third kappa shape index (κ3) is 3.26. The van der Waals surface area contributed by atoms with Gasteiger partial charge in [0.15, 0.2) is 5.82 Å². The molecule has 3 N–H and O–H groups in total. The van der Waals surface area contributed by atoms with Gasteiger partial charge in [-0.1, -0.05) is 6.07 Å². The predicted molar refractivity (Wildman–Crippen MR) is 73.7 cm³/mol. The molecule has 0 unspecified atom stereocenters. The van der Waals surface area contributed by atoms with Crippen LogP contribution in [0.15, 0.2) is 29.3 Å². The second kappa shape index (κ2) is 5.26. The lowest BCUT2D eigenvalue weighted by Crippen LogP contribution is -2.18. The number of carbonyl (C=O) groups excluding carboxylic acids is 1. The van der Waals surface area contributed by atoms with E-state index in [9.17, 15) is 17.6 Å². The van der Waals surface area contributed by atoms with Crippen molar-refractivity contribution in [1.82, 2.24) is 9.78 Å². The molecule has 0 bridgehead atoms. The fourth-order valence-electron chi connectivity index (χ4n) is 1.74. The molecule has 1 heterocycles. The fourth-order valence-corrected chi connectivity index (χ4v) is 2.40. The first-order valence-corrected chi connectivity index (χ1v) is 7.37. The van der Waals surface area contributed by atoms with Crippen molar-refractivity contribution in [1.29, 1.82) is 0 Å². The number of aryl methyl sites for hydroxylation is 2. The Bertz CT molecular complexity index is 814. The van der Waals surface area contributed by atoms with Gasteiger partial charge in [0.2, 0.25) is 10.0 Å². The van der Waals surface area contributed by atoms with Gasteiger partial charge in [-0.2, -0.15) is 5.10 Å². The van der Waals surface area contributed by atoms with Crippen LogP contribution in [0, 0.1) is 12.7 Å². The number of halogens is 1. The number of sulfonamides is 1. The van der Waals surface area contributed by atoms with E-state index < -0.39 is 21.7 Å². The second-order valence-corrected chi connectivity index (χ2v) is 6.03. The highest BCUT2D eigenvalue weighted by atomic mass is 32.2. The van der Waals surface area contributed by atoms with E-state index in [1.54, 1.807) is 13.0 Å².